The Morgan fingerprint density at radius 2 is 2.10 bits per heavy atom. The van der Waals surface area contributed by atoms with Gasteiger partial charge >= 0.3 is 5.97 Å². The molecule has 0 unspecified atom stereocenters. The average molecular weight is 323 g/mol. The number of halogens is 1. The number of carbonyl (C=O) groups is 1. The van der Waals surface area contributed by atoms with E-state index in [9.17, 15) is 13.2 Å². The van der Waals surface area contributed by atoms with Gasteiger partial charge in [-0.25, -0.2) is 13.2 Å². The highest BCUT2D eigenvalue weighted by atomic mass is 35.7. The zero-order chi connectivity index (χ0) is 15.3. The van der Waals surface area contributed by atoms with Gasteiger partial charge in [-0.3, -0.25) is 5.10 Å². The van der Waals surface area contributed by atoms with Crippen LogP contribution in [0.2, 0.25) is 0 Å². The summed E-state index contributed by atoms with van der Waals surface area (Å²) in [6, 6.07) is 0. The van der Waals surface area contributed by atoms with Crippen molar-refractivity contribution >= 4 is 25.7 Å². The molecule has 0 aliphatic heterocycles. The van der Waals surface area contributed by atoms with Gasteiger partial charge in [0.2, 0.25) is 0 Å². The zero-order valence-electron chi connectivity index (χ0n) is 11.8. The summed E-state index contributed by atoms with van der Waals surface area (Å²) in [7, 11) is 1.30. The number of hydrogen-bond donors (Lipinski definition) is 1. The van der Waals surface area contributed by atoms with Crippen molar-refractivity contribution in [2.75, 3.05) is 6.61 Å². The van der Waals surface area contributed by atoms with E-state index < -0.39 is 15.0 Å². The van der Waals surface area contributed by atoms with E-state index >= 15 is 0 Å². The van der Waals surface area contributed by atoms with Crippen molar-refractivity contribution < 1.29 is 17.9 Å². The first kappa shape index (κ1) is 17.0. The molecule has 1 aromatic rings. The van der Waals surface area contributed by atoms with Crippen LogP contribution >= 0.6 is 10.7 Å². The van der Waals surface area contributed by atoms with Crippen molar-refractivity contribution in [2.45, 2.75) is 44.9 Å². The molecule has 114 valence electrons. The van der Waals surface area contributed by atoms with Crippen LogP contribution in [0.15, 0.2) is 4.90 Å². The molecule has 20 heavy (non-hydrogen) atoms. The number of hydrogen-bond acceptors (Lipinski definition) is 5. The van der Waals surface area contributed by atoms with Crippen LogP contribution in [0.5, 0.6) is 0 Å². The summed E-state index contributed by atoms with van der Waals surface area (Å²) >= 11 is 0. The molecule has 1 rings (SSSR count). The Kier molecular flexibility index (Phi) is 6.01. The Morgan fingerprint density at radius 3 is 2.60 bits per heavy atom. The molecule has 0 aromatic carbocycles. The minimum atomic E-state index is -4.04. The van der Waals surface area contributed by atoms with E-state index in [-0.39, 0.29) is 17.2 Å². The largest absolute Gasteiger partial charge is 0.461 e. The van der Waals surface area contributed by atoms with Gasteiger partial charge in [-0.1, -0.05) is 20.8 Å². The van der Waals surface area contributed by atoms with Crippen molar-refractivity contribution in [3.05, 3.63) is 11.4 Å². The van der Waals surface area contributed by atoms with Crippen LogP contribution in [0.4, 0.5) is 0 Å². The van der Waals surface area contributed by atoms with Gasteiger partial charge in [0.25, 0.3) is 9.05 Å². The maximum atomic E-state index is 11.9. The second kappa shape index (κ2) is 7.08. The van der Waals surface area contributed by atoms with Gasteiger partial charge in [0.15, 0.2) is 5.69 Å². The first-order valence-corrected chi connectivity index (χ1v) is 8.77. The van der Waals surface area contributed by atoms with Crippen molar-refractivity contribution in [2.24, 2.45) is 5.92 Å². The van der Waals surface area contributed by atoms with Crippen LogP contribution in [0.1, 0.15) is 49.8 Å². The zero-order valence-corrected chi connectivity index (χ0v) is 13.3. The normalized spacial score (nSPS) is 11.8. The summed E-state index contributed by atoms with van der Waals surface area (Å²) in [5, 5.41) is 6.21. The lowest BCUT2D eigenvalue weighted by Crippen LogP contribution is -2.11. The summed E-state index contributed by atoms with van der Waals surface area (Å²) in [6.45, 7) is 6.10. The predicted octanol–water partition coefficient (Wildman–Crippen LogP) is 2.49. The van der Waals surface area contributed by atoms with E-state index in [4.69, 9.17) is 15.4 Å². The van der Waals surface area contributed by atoms with Crippen LogP contribution in [0, 0.1) is 5.92 Å². The second-order valence-corrected chi connectivity index (χ2v) is 7.35. The Bertz CT molecular complexity index is 566. The minimum absolute atomic E-state index is 0.229. The van der Waals surface area contributed by atoms with Crippen molar-refractivity contribution in [3.63, 3.8) is 0 Å². The lowest BCUT2D eigenvalue weighted by molar-refractivity contribution is 0.0483. The summed E-state index contributed by atoms with van der Waals surface area (Å²) in [5.74, 6) is -0.256. The number of esters is 1. The minimum Gasteiger partial charge on any atom is -0.461 e. The maximum Gasteiger partial charge on any atom is 0.360 e. The fourth-order valence-electron chi connectivity index (χ4n) is 1.73. The van der Waals surface area contributed by atoms with E-state index in [2.05, 4.69) is 24.0 Å². The van der Waals surface area contributed by atoms with Gasteiger partial charge in [0, 0.05) is 10.7 Å². The van der Waals surface area contributed by atoms with Gasteiger partial charge in [0.1, 0.15) is 4.90 Å². The quantitative estimate of drug-likeness (QED) is 0.473. The topological polar surface area (TPSA) is 89.1 Å². The molecule has 0 radical (unpaired) electrons. The molecule has 0 amide bonds. The van der Waals surface area contributed by atoms with E-state index in [0.29, 0.717) is 18.0 Å². The van der Waals surface area contributed by atoms with Gasteiger partial charge in [-0.15, -0.1) is 0 Å². The number of rotatable bonds is 7. The molecule has 0 fully saturated rings. The number of nitrogens with zero attached hydrogens (tertiary/aromatic N) is 1. The number of ether oxygens (including phenoxy) is 1. The Morgan fingerprint density at radius 1 is 1.45 bits per heavy atom. The molecule has 0 bridgehead atoms. The monoisotopic (exact) mass is 322 g/mol. The number of H-pyrrole nitrogens is 1. The summed E-state index contributed by atoms with van der Waals surface area (Å²) in [5.41, 5.74) is 0.0236. The SMILES string of the molecule is CCc1[nH]nc(C(=O)OCCCC(C)C)c1S(=O)(=O)Cl. The number of nitrogens with one attached hydrogen (secondary N) is 1. The molecule has 1 N–H and O–H groups in total. The maximum absolute atomic E-state index is 11.9. The molecular formula is C12H19ClN2O4S. The summed E-state index contributed by atoms with van der Waals surface area (Å²) in [6.07, 6.45) is 2.01. The highest BCUT2D eigenvalue weighted by Crippen LogP contribution is 2.23. The van der Waals surface area contributed by atoms with Crippen LogP contribution in [0.3, 0.4) is 0 Å². The van der Waals surface area contributed by atoms with Gasteiger partial charge < -0.3 is 4.74 Å². The van der Waals surface area contributed by atoms with Crippen molar-refractivity contribution in [1.82, 2.24) is 10.2 Å². The highest BCUT2D eigenvalue weighted by Gasteiger charge is 2.28. The van der Waals surface area contributed by atoms with E-state index in [1.165, 1.54) is 0 Å². The number of aromatic amines is 1. The number of carbonyl (C=O) groups excluding carboxylic acids is 1. The van der Waals surface area contributed by atoms with Crippen molar-refractivity contribution in [3.8, 4) is 0 Å². The van der Waals surface area contributed by atoms with Crippen LogP contribution in [-0.2, 0) is 20.2 Å². The highest BCUT2D eigenvalue weighted by molar-refractivity contribution is 8.13. The predicted molar refractivity (Wildman–Crippen MR) is 75.4 cm³/mol. The fourth-order valence-corrected chi connectivity index (χ4v) is 3.08. The first-order chi connectivity index (χ1) is 9.27. The third kappa shape index (κ3) is 4.49. The van der Waals surface area contributed by atoms with Crippen molar-refractivity contribution in [1.29, 1.82) is 0 Å². The molecule has 0 aliphatic rings. The fraction of sp³-hybridized carbons (Fsp3) is 0.667. The average Bonchev–Trinajstić information content (AvgIpc) is 2.77. The molecule has 0 saturated carbocycles. The lowest BCUT2D eigenvalue weighted by atomic mass is 10.1. The molecule has 8 heteroatoms. The number of aryl methyl sites for hydroxylation is 1. The smallest absolute Gasteiger partial charge is 0.360 e. The molecule has 1 aromatic heterocycles. The summed E-state index contributed by atoms with van der Waals surface area (Å²) in [4.78, 5) is 11.6. The number of aromatic nitrogens is 2. The molecule has 0 saturated heterocycles. The molecule has 6 nitrogen and oxygen atoms in total. The molecule has 0 atom stereocenters. The molecule has 0 spiro atoms. The van der Waals surface area contributed by atoms with Gasteiger partial charge in [-0.2, -0.15) is 5.10 Å². The van der Waals surface area contributed by atoms with Crippen LogP contribution < -0.4 is 0 Å². The molecule has 0 aliphatic carbocycles. The summed E-state index contributed by atoms with van der Waals surface area (Å²) < 4.78 is 28.1. The van der Waals surface area contributed by atoms with Crippen LogP contribution in [-0.4, -0.2) is 31.2 Å². The van der Waals surface area contributed by atoms with Gasteiger partial charge in [0.05, 0.1) is 12.3 Å². The Hall–Kier alpha value is -1.08. The molecule has 1 heterocycles. The third-order valence-electron chi connectivity index (χ3n) is 2.74. The standard InChI is InChI=1S/C12H19ClN2O4S/c1-4-9-11(20(13,17)18)10(15-14-9)12(16)19-7-5-6-8(2)3/h8H,4-7H2,1-3H3,(H,14,15). The van der Waals surface area contributed by atoms with E-state index in [0.717, 1.165) is 12.8 Å². The lowest BCUT2D eigenvalue weighted by Gasteiger charge is -2.06. The third-order valence-corrected chi connectivity index (χ3v) is 4.13. The van der Waals surface area contributed by atoms with E-state index in [1.54, 1.807) is 6.92 Å². The Balaban J connectivity index is 2.81. The van der Waals surface area contributed by atoms with Gasteiger partial charge in [-0.05, 0) is 25.2 Å². The molecular weight excluding hydrogens is 304 g/mol. The Labute approximate surface area is 123 Å². The second-order valence-electron chi connectivity index (χ2n) is 4.84. The van der Waals surface area contributed by atoms with Crippen LogP contribution in [0.25, 0.3) is 0 Å². The first-order valence-electron chi connectivity index (χ1n) is 6.46. The van der Waals surface area contributed by atoms with E-state index in [1.807, 2.05) is 0 Å².